The Morgan fingerprint density at radius 3 is 2.44 bits per heavy atom. The maximum Gasteiger partial charge on any atom is 0.277 e. The van der Waals surface area contributed by atoms with Crippen molar-refractivity contribution in [3.8, 4) is 17.2 Å². The van der Waals surface area contributed by atoms with Gasteiger partial charge in [0, 0.05) is 48.7 Å². The van der Waals surface area contributed by atoms with Gasteiger partial charge in [-0.1, -0.05) is 35.5 Å². The minimum atomic E-state index is -0.160. The van der Waals surface area contributed by atoms with Crippen LogP contribution in [0.4, 0.5) is 11.4 Å². The second-order valence-corrected chi connectivity index (χ2v) is 10.1. The number of aryl methyl sites for hydroxylation is 1. The number of benzene rings is 3. The predicted octanol–water partition coefficient (Wildman–Crippen LogP) is 4.75. The molecule has 0 bridgehead atoms. The van der Waals surface area contributed by atoms with E-state index in [0.717, 1.165) is 29.9 Å². The van der Waals surface area contributed by atoms with Gasteiger partial charge in [0.2, 0.25) is 11.8 Å². The van der Waals surface area contributed by atoms with Gasteiger partial charge in [-0.2, -0.15) is 0 Å². The molecule has 0 atom stereocenters. The highest BCUT2D eigenvalue weighted by Gasteiger charge is 2.22. The van der Waals surface area contributed by atoms with Gasteiger partial charge in [0.15, 0.2) is 0 Å². The number of methoxy groups -OCH3 is 1. The number of amides is 2. The molecule has 1 N–H and O–H groups in total. The fourth-order valence-electron chi connectivity index (χ4n) is 4.27. The molecule has 0 radical (unpaired) electrons. The lowest BCUT2D eigenvalue weighted by Gasteiger charge is -2.36. The van der Waals surface area contributed by atoms with E-state index in [9.17, 15) is 9.59 Å². The first-order chi connectivity index (χ1) is 19.0. The third-order valence-electron chi connectivity index (χ3n) is 6.43. The molecule has 3 aromatic carbocycles. The quantitative estimate of drug-likeness (QED) is 0.318. The topological polar surface area (TPSA) is 101 Å². The molecule has 200 valence electrons. The predicted molar refractivity (Wildman–Crippen MR) is 151 cm³/mol. The summed E-state index contributed by atoms with van der Waals surface area (Å²) in [5.41, 5.74) is 4.38. The Bertz CT molecular complexity index is 1430. The van der Waals surface area contributed by atoms with Crippen LogP contribution in [0.2, 0.25) is 0 Å². The van der Waals surface area contributed by atoms with Gasteiger partial charge in [-0.15, -0.1) is 10.2 Å². The van der Waals surface area contributed by atoms with Crippen LogP contribution < -0.4 is 15.0 Å². The highest BCUT2D eigenvalue weighted by molar-refractivity contribution is 7.99. The maximum absolute atomic E-state index is 12.9. The zero-order valence-corrected chi connectivity index (χ0v) is 22.6. The minimum Gasteiger partial charge on any atom is -0.497 e. The Balaban J connectivity index is 1.08. The average molecular weight is 544 g/mol. The van der Waals surface area contributed by atoms with Crippen molar-refractivity contribution in [1.29, 1.82) is 0 Å². The molecule has 1 saturated heterocycles. The molecule has 0 aliphatic carbocycles. The summed E-state index contributed by atoms with van der Waals surface area (Å²) in [5.74, 6) is 1.11. The zero-order chi connectivity index (χ0) is 27.2. The molecule has 1 aliphatic heterocycles. The summed E-state index contributed by atoms with van der Waals surface area (Å²) < 4.78 is 10.9. The van der Waals surface area contributed by atoms with Crippen LogP contribution >= 0.6 is 11.8 Å². The first-order valence-electron chi connectivity index (χ1n) is 12.6. The molecule has 2 heterocycles. The Hall–Kier alpha value is -4.31. The van der Waals surface area contributed by atoms with Crippen LogP contribution in [0, 0.1) is 6.92 Å². The largest absolute Gasteiger partial charge is 0.497 e. The fraction of sp³-hybridized carbons (Fsp3) is 0.241. The lowest BCUT2D eigenvalue weighted by atomic mass is 10.1. The Kier molecular flexibility index (Phi) is 8.12. The Labute approximate surface area is 231 Å². The summed E-state index contributed by atoms with van der Waals surface area (Å²) in [6.45, 7) is 4.74. The van der Waals surface area contributed by atoms with Crippen LogP contribution in [-0.4, -0.2) is 66.0 Å². The third-order valence-corrected chi connectivity index (χ3v) is 7.25. The number of nitrogens with zero attached hydrogens (tertiary/aromatic N) is 4. The first kappa shape index (κ1) is 26.3. The van der Waals surface area contributed by atoms with E-state index >= 15 is 0 Å². The van der Waals surface area contributed by atoms with Crippen molar-refractivity contribution in [2.24, 2.45) is 0 Å². The van der Waals surface area contributed by atoms with Gasteiger partial charge < -0.3 is 24.3 Å². The monoisotopic (exact) mass is 543 g/mol. The van der Waals surface area contributed by atoms with Crippen molar-refractivity contribution < 1.29 is 18.7 Å². The van der Waals surface area contributed by atoms with Crippen molar-refractivity contribution >= 4 is 35.0 Å². The molecular formula is C29H29N5O4S. The summed E-state index contributed by atoms with van der Waals surface area (Å²) in [5, 5.41) is 11.3. The zero-order valence-electron chi connectivity index (χ0n) is 21.8. The molecule has 10 heteroatoms. The molecule has 1 aromatic heterocycles. The van der Waals surface area contributed by atoms with E-state index < -0.39 is 0 Å². The second kappa shape index (κ2) is 12.0. The number of thioether (sulfide) groups is 1. The first-order valence-corrected chi connectivity index (χ1v) is 13.6. The number of piperazine rings is 1. The molecular weight excluding hydrogens is 514 g/mol. The standard InChI is InChI=1S/C29H29N5O4S/c1-20-6-8-21(9-7-20)27-31-32-29(38-27)39-19-26(35)30-23-10-12-24(13-11-23)33-14-16-34(17-15-33)28(36)22-4-3-5-25(18-22)37-2/h3-13,18H,14-17,19H2,1-2H3,(H,30,35). The number of nitrogens with one attached hydrogen (secondary N) is 1. The molecule has 0 unspecified atom stereocenters. The number of hydrogen-bond acceptors (Lipinski definition) is 8. The number of carbonyl (C=O) groups is 2. The van der Waals surface area contributed by atoms with Crippen LogP contribution in [0.25, 0.3) is 11.5 Å². The van der Waals surface area contributed by atoms with Crippen molar-refractivity contribution in [3.63, 3.8) is 0 Å². The van der Waals surface area contributed by atoms with Crippen molar-refractivity contribution in [2.45, 2.75) is 12.1 Å². The van der Waals surface area contributed by atoms with E-state index in [1.54, 1.807) is 13.2 Å². The average Bonchev–Trinajstić information content (AvgIpc) is 3.46. The van der Waals surface area contributed by atoms with E-state index in [0.29, 0.717) is 41.2 Å². The Morgan fingerprint density at radius 2 is 1.72 bits per heavy atom. The summed E-state index contributed by atoms with van der Waals surface area (Å²) in [4.78, 5) is 29.4. The molecule has 9 nitrogen and oxygen atoms in total. The van der Waals surface area contributed by atoms with Crippen LogP contribution in [-0.2, 0) is 4.79 Å². The fourth-order valence-corrected chi connectivity index (χ4v) is 4.83. The number of ether oxygens (including phenoxy) is 1. The van der Waals surface area contributed by atoms with Crippen molar-refractivity contribution in [3.05, 3.63) is 83.9 Å². The van der Waals surface area contributed by atoms with Gasteiger partial charge in [0.05, 0.1) is 12.9 Å². The van der Waals surface area contributed by atoms with Gasteiger partial charge >= 0.3 is 0 Å². The highest BCUT2D eigenvalue weighted by Crippen LogP contribution is 2.24. The molecule has 2 amide bonds. The van der Waals surface area contributed by atoms with Crippen LogP contribution in [0.3, 0.4) is 0 Å². The summed E-state index contributed by atoms with van der Waals surface area (Å²) in [6, 6.07) is 22.8. The normalized spacial score (nSPS) is 13.3. The molecule has 1 aliphatic rings. The van der Waals surface area contributed by atoms with Crippen molar-refractivity contribution in [2.75, 3.05) is 49.3 Å². The SMILES string of the molecule is COc1cccc(C(=O)N2CCN(c3ccc(NC(=O)CSc4nnc(-c5ccc(C)cc5)o4)cc3)CC2)c1. The number of hydrogen-bond donors (Lipinski definition) is 1. The smallest absolute Gasteiger partial charge is 0.277 e. The molecule has 4 aromatic rings. The lowest BCUT2D eigenvalue weighted by molar-refractivity contribution is -0.113. The van der Waals surface area contributed by atoms with E-state index in [4.69, 9.17) is 9.15 Å². The molecule has 0 saturated carbocycles. The van der Waals surface area contributed by atoms with Gasteiger partial charge in [-0.25, -0.2) is 0 Å². The van der Waals surface area contributed by atoms with Gasteiger partial charge in [-0.05, 0) is 61.5 Å². The second-order valence-electron chi connectivity index (χ2n) is 9.13. The van der Waals surface area contributed by atoms with Crippen LogP contribution in [0.15, 0.2) is 82.4 Å². The number of aromatic nitrogens is 2. The minimum absolute atomic E-state index is 0.0105. The molecule has 39 heavy (non-hydrogen) atoms. The van der Waals surface area contributed by atoms with Gasteiger partial charge in [0.25, 0.3) is 11.1 Å². The lowest BCUT2D eigenvalue weighted by Crippen LogP contribution is -2.48. The molecule has 0 spiro atoms. The van der Waals surface area contributed by atoms with Crippen LogP contribution in [0.1, 0.15) is 15.9 Å². The molecule has 5 rings (SSSR count). The summed E-state index contributed by atoms with van der Waals surface area (Å²) in [6.07, 6.45) is 0. The molecule has 1 fully saturated rings. The summed E-state index contributed by atoms with van der Waals surface area (Å²) >= 11 is 1.20. The van der Waals surface area contributed by atoms with E-state index in [1.165, 1.54) is 11.8 Å². The number of anilines is 2. The Morgan fingerprint density at radius 1 is 0.974 bits per heavy atom. The highest BCUT2D eigenvalue weighted by atomic mass is 32.2. The van der Waals surface area contributed by atoms with Gasteiger partial charge in [0.1, 0.15) is 5.75 Å². The van der Waals surface area contributed by atoms with Crippen LogP contribution in [0.5, 0.6) is 5.75 Å². The maximum atomic E-state index is 12.9. The number of rotatable bonds is 8. The third kappa shape index (κ3) is 6.58. The van der Waals surface area contributed by atoms with E-state index in [2.05, 4.69) is 20.4 Å². The van der Waals surface area contributed by atoms with E-state index in [1.807, 2.05) is 78.6 Å². The van der Waals surface area contributed by atoms with E-state index in [-0.39, 0.29) is 17.6 Å². The summed E-state index contributed by atoms with van der Waals surface area (Å²) in [7, 11) is 1.59. The van der Waals surface area contributed by atoms with Gasteiger partial charge in [-0.3, -0.25) is 9.59 Å². The van der Waals surface area contributed by atoms with Crippen molar-refractivity contribution in [1.82, 2.24) is 15.1 Å². The number of carbonyl (C=O) groups excluding carboxylic acids is 2.